The van der Waals surface area contributed by atoms with Crippen LogP contribution in [0.4, 0.5) is 0 Å². The topological polar surface area (TPSA) is 20.3 Å². The monoisotopic (exact) mass is 217 g/mol. The molecule has 0 unspecified atom stereocenters. The molecule has 0 aromatic heterocycles. The SMILES string of the molecule is CN(C)C(=O)c1cc(Cl)cc(Cl)c1. The van der Waals surface area contributed by atoms with E-state index in [0.29, 0.717) is 15.6 Å². The Bertz CT molecular complexity index is 316. The van der Waals surface area contributed by atoms with Crippen molar-refractivity contribution in [2.24, 2.45) is 0 Å². The highest BCUT2D eigenvalue weighted by atomic mass is 35.5. The molecule has 13 heavy (non-hydrogen) atoms. The summed E-state index contributed by atoms with van der Waals surface area (Å²) in [5, 5.41) is 0.940. The number of benzene rings is 1. The molecule has 0 aliphatic carbocycles. The number of rotatable bonds is 1. The molecule has 0 saturated heterocycles. The number of nitrogens with zero attached hydrogens (tertiary/aromatic N) is 1. The molecule has 0 aliphatic heterocycles. The van der Waals surface area contributed by atoms with Crippen molar-refractivity contribution in [3.8, 4) is 0 Å². The first kappa shape index (κ1) is 10.4. The standard InChI is InChI=1S/C9H9Cl2NO/c1-12(2)9(13)6-3-7(10)5-8(11)4-6/h3-5H,1-2H3. The largest absolute Gasteiger partial charge is 0.345 e. The Morgan fingerprint density at radius 3 is 2.00 bits per heavy atom. The lowest BCUT2D eigenvalue weighted by atomic mass is 10.2. The normalized spacial score (nSPS) is 9.85. The molecule has 1 rings (SSSR count). The average Bonchev–Trinajstić information content (AvgIpc) is 2.01. The molecule has 0 heterocycles. The molecule has 0 atom stereocenters. The summed E-state index contributed by atoms with van der Waals surface area (Å²) in [5.41, 5.74) is 0.502. The molecule has 0 radical (unpaired) electrons. The van der Waals surface area contributed by atoms with Crippen LogP contribution >= 0.6 is 23.2 Å². The highest BCUT2D eigenvalue weighted by Crippen LogP contribution is 2.19. The van der Waals surface area contributed by atoms with Crippen molar-refractivity contribution in [2.75, 3.05) is 14.1 Å². The van der Waals surface area contributed by atoms with Crippen LogP contribution in [0, 0.1) is 0 Å². The zero-order valence-electron chi connectivity index (χ0n) is 7.34. The molecular weight excluding hydrogens is 209 g/mol. The smallest absolute Gasteiger partial charge is 0.253 e. The van der Waals surface area contributed by atoms with Crippen LogP contribution in [-0.4, -0.2) is 24.9 Å². The van der Waals surface area contributed by atoms with Crippen LogP contribution in [0.2, 0.25) is 10.0 Å². The number of carbonyl (C=O) groups excluding carboxylic acids is 1. The Balaban J connectivity index is 3.08. The summed E-state index contributed by atoms with van der Waals surface area (Å²) in [6.45, 7) is 0. The van der Waals surface area contributed by atoms with Gasteiger partial charge in [-0.1, -0.05) is 23.2 Å². The molecule has 1 aromatic rings. The fourth-order valence-electron chi connectivity index (χ4n) is 0.936. The minimum absolute atomic E-state index is 0.107. The maximum Gasteiger partial charge on any atom is 0.253 e. The van der Waals surface area contributed by atoms with Crippen molar-refractivity contribution < 1.29 is 4.79 Å². The molecule has 0 spiro atoms. The minimum Gasteiger partial charge on any atom is -0.345 e. The molecule has 1 aromatic carbocycles. The first-order chi connectivity index (χ1) is 6.00. The van der Waals surface area contributed by atoms with E-state index in [4.69, 9.17) is 23.2 Å². The summed E-state index contributed by atoms with van der Waals surface area (Å²) >= 11 is 11.5. The van der Waals surface area contributed by atoms with Crippen molar-refractivity contribution >= 4 is 29.1 Å². The first-order valence-electron chi connectivity index (χ1n) is 3.68. The molecule has 1 amide bonds. The number of hydrogen-bond donors (Lipinski definition) is 0. The van der Waals surface area contributed by atoms with Crippen LogP contribution in [0.3, 0.4) is 0 Å². The highest BCUT2D eigenvalue weighted by molar-refractivity contribution is 6.35. The molecule has 2 nitrogen and oxygen atoms in total. The van der Waals surface area contributed by atoms with Gasteiger partial charge in [0.05, 0.1) is 0 Å². The van der Waals surface area contributed by atoms with Crippen molar-refractivity contribution in [3.05, 3.63) is 33.8 Å². The van der Waals surface area contributed by atoms with Crippen LogP contribution in [-0.2, 0) is 0 Å². The quantitative estimate of drug-likeness (QED) is 0.709. The van der Waals surface area contributed by atoms with E-state index < -0.39 is 0 Å². The van der Waals surface area contributed by atoms with Gasteiger partial charge in [0.25, 0.3) is 5.91 Å². The van der Waals surface area contributed by atoms with Gasteiger partial charge < -0.3 is 4.90 Å². The summed E-state index contributed by atoms with van der Waals surface area (Å²) in [5.74, 6) is -0.107. The molecule has 4 heteroatoms. The van der Waals surface area contributed by atoms with E-state index in [9.17, 15) is 4.79 Å². The fourth-order valence-corrected chi connectivity index (χ4v) is 1.46. The molecular formula is C9H9Cl2NO. The Morgan fingerprint density at radius 1 is 1.15 bits per heavy atom. The van der Waals surface area contributed by atoms with Gasteiger partial charge in [-0.15, -0.1) is 0 Å². The summed E-state index contributed by atoms with van der Waals surface area (Å²) < 4.78 is 0. The Labute approximate surface area is 87.1 Å². The third kappa shape index (κ3) is 2.61. The van der Waals surface area contributed by atoms with Gasteiger partial charge in [0.15, 0.2) is 0 Å². The van der Waals surface area contributed by atoms with Gasteiger partial charge in [0.2, 0.25) is 0 Å². The van der Waals surface area contributed by atoms with Crippen LogP contribution in [0.15, 0.2) is 18.2 Å². The van der Waals surface area contributed by atoms with Crippen LogP contribution in [0.1, 0.15) is 10.4 Å². The van der Waals surface area contributed by atoms with E-state index in [1.807, 2.05) is 0 Å². The van der Waals surface area contributed by atoms with E-state index in [-0.39, 0.29) is 5.91 Å². The molecule has 0 N–H and O–H groups in total. The number of hydrogen-bond acceptors (Lipinski definition) is 1. The van der Waals surface area contributed by atoms with Gasteiger partial charge in [0, 0.05) is 29.7 Å². The van der Waals surface area contributed by atoms with E-state index in [1.165, 1.54) is 4.90 Å². The predicted molar refractivity (Wildman–Crippen MR) is 54.5 cm³/mol. The summed E-state index contributed by atoms with van der Waals surface area (Å²) in [6.07, 6.45) is 0. The average molecular weight is 218 g/mol. The van der Waals surface area contributed by atoms with E-state index in [1.54, 1.807) is 32.3 Å². The van der Waals surface area contributed by atoms with E-state index >= 15 is 0 Å². The van der Waals surface area contributed by atoms with Crippen LogP contribution in [0.5, 0.6) is 0 Å². The van der Waals surface area contributed by atoms with Gasteiger partial charge in [-0.05, 0) is 18.2 Å². The first-order valence-corrected chi connectivity index (χ1v) is 4.44. The van der Waals surface area contributed by atoms with Gasteiger partial charge in [-0.2, -0.15) is 0 Å². The summed E-state index contributed by atoms with van der Waals surface area (Å²) in [6, 6.07) is 4.78. The third-order valence-corrected chi connectivity index (χ3v) is 1.95. The molecule has 70 valence electrons. The number of halogens is 2. The van der Waals surface area contributed by atoms with Gasteiger partial charge in [-0.3, -0.25) is 4.79 Å². The second-order valence-corrected chi connectivity index (χ2v) is 3.73. The molecule has 0 bridgehead atoms. The van der Waals surface area contributed by atoms with Gasteiger partial charge >= 0.3 is 0 Å². The van der Waals surface area contributed by atoms with E-state index in [2.05, 4.69) is 0 Å². The van der Waals surface area contributed by atoms with Crippen molar-refractivity contribution in [1.29, 1.82) is 0 Å². The third-order valence-electron chi connectivity index (χ3n) is 1.52. The number of amides is 1. The minimum atomic E-state index is -0.107. The van der Waals surface area contributed by atoms with Gasteiger partial charge in [0.1, 0.15) is 0 Å². The zero-order chi connectivity index (χ0) is 10.0. The van der Waals surface area contributed by atoms with Crippen LogP contribution in [0.25, 0.3) is 0 Å². The van der Waals surface area contributed by atoms with Gasteiger partial charge in [-0.25, -0.2) is 0 Å². The molecule has 0 aliphatic rings. The van der Waals surface area contributed by atoms with Crippen LogP contribution < -0.4 is 0 Å². The van der Waals surface area contributed by atoms with Crippen molar-refractivity contribution in [1.82, 2.24) is 4.90 Å². The lowest BCUT2D eigenvalue weighted by Gasteiger charge is -2.10. The Kier molecular flexibility index (Phi) is 3.17. The van der Waals surface area contributed by atoms with E-state index in [0.717, 1.165) is 0 Å². The maximum atomic E-state index is 11.5. The molecule has 0 saturated carbocycles. The van der Waals surface area contributed by atoms with Crippen molar-refractivity contribution in [2.45, 2.75) is 0 Å². The Hall–Kier alpha value is -0.730. The molecule has 0 fully saturated rings. The lowest BCUT2D eigenvalue weighted by molar-refractivity contribution is 0.0827. The second kappa shape index (κ2) is 3.99. The summed E-state index contributed by atoms with van der Waals surface area (Å²) in [4.78, 5) is 12.9. The second-order valence-electron chi connectivity index (χ2n) is 2.86. The highest BCUT2D eigenvalue weighted by Gasteiger charge is 2.08. The number of carbonyl (C=O) groups is 1. The lowest BCUT2D eigenvalue weighted by Crippen LogP contribution is -2.21. The Morgan fingerprint density at radius 2 is 1.62 bits per heavy atom. The summed E-state index contributed by atoms with van der Waals surface area (Å²) in [7, 11) is 3.36. The zero-order valence-corrected chi connectivity index (χ0v) is 8.86. The fraction of sp³-hybridized carbons (Fsp3) is 0.222. The predicted octanol–water partition coefficient (Wildman–Crippen LogP) is 2.70. The maximum absolute atomic E-state index is 11.5. The van der Waals surface area contributed by atoms with Crippen molar-refractivity contribution in [3.63, 3.8) is 0 Å².